The van der Waals surface area contributed by atoms with Crippen molar-refractivity contribution in [3.8, 4) is 0 Å². The fourth-order valence-corrected chi connectivity index (χ4v) is 3.10. The van der Waals surface area contributed by atoms with Crippen LogP contribution in [-0.2, 0) is 12.7 Å². The van der Waals surface area contributed by atoms with Gasteiger partial charge in [0.15, 0.2) is 5.69 Å². The summed E-state index contributed by atoms with van der Waals surface area (Å²) in [6, 6.07) is 7.03. The molecule has 3 rings (SSSR count). The van der Waals surface area contributed by atoms with E-state index in [0.29, 0.717) is 12.4 Å². The van der Waals surface area contributed by atoms with Gasteiger partial charge >= 0.3 is 6.18 Å². The van der Waals surface area contributed by atoms with Crippen molar-refractivity contribution in [1.82, 2.24) is 15.1 Å². The zero-order chi connectivity index (χ0) is 18.7. The summed E-state index contributed by atoms with van der Waals surface area (Å²) in [6.07, 6.45) is -2.85. The number of aromatic nitrogens is 2. The minimum absolute atomic E-state index is 0.111. The lowest BCUT2D eigenvalue weighted by Crippen LogP contribution is -2.38. The third-order valence-corrected chi connectivity index (χ3v) is 4.57. The predicted molar refractivity (Wildman–Crippen MR) is 90.4 cm³/mol. The number of hydrogen-bond acceptors (Lipinski definition) is 4. The van der Waals surface area contributed by atoms with Crippen molar-refractivity contribution in [3.63, 3.8) is 0 Å². The Morgan fingerprint density at radius 3 is 2.42 bits per heavy atom. The minimum atomic E-state index is -4.49. The van der Waals surface area contributed by atoms with Gasteiger partial charge in [-0.3, -0.25) is 4.90 Å². The normalized spacial score (nSPS) is 16.7. The van der Waals surface area contributed by atoms with Crippen LogP contribution in [0.5, 0.6) is 0 Å². The SMILES string of the molecule is Fc1ccc(CN2CCC(Nc3ccc(C(F)(F)F)nn3)CC2)cc1Cl. The van der Waals surface area contributed by atoms with E-state index in [1.807, 2.05) is 0 Å². The summed E-state index contributed by atoms with van der Waals surface area (Å²) < 4.78 is 50.7. The lowest BCUT2D eigenvalue weighted by atomic mass is 10.0. The van der Waals surface area contributed by atoms with Crippen LogP contribution in [0.4, 0.5) is 23.4 Å². The molecule has 1 aliphatic heterocycles. The highest BCUT2D eigenvalue weighted by Crippen LogP contribution is 2.27. The Labute approximate surface area is 153 Å². The zero-order valence-corrected chi connectivity index (χ0v) is 14.5. The Morgan fingerprint density at radius 2 is 1.85 bits per heavy atom. The number of piperidine rings is 1. The molecule has 1 saturated heterocycles. The Bertz CT molecular complexity index is 743. The van der Waals surface area contributed by atoms with Crippen molar-refractivity contribution in [2.75, 3.05) is 18.4 Å². The summed E-state index contributed by atoms with van der Waals surface area (Å²) >= 11 is 5.80. The number of hydrogen-bond donors (Lipinski definition) is 1. The van der Waals surface area contributed by atoms with Crippen molar-refractivity contribution >= 4 is 17.4 Å². The Balaban J connectivity index is 1.50. The molecule has 0 amide bonds. The molecular weight excluding hydrogens is 372 g/mol. The Morgan fingerprint density at radius 1 is 1.12 bits per heavy atom. The first-order chi connectivity index (χ1) is 12.3. The van der Waals surface area contributed by atoms with Crippen molar-refractivity contribution in [1.29, 1.82) is 0 Å². The Hall–Kier alpha value is -1.93. The molecule has 1 aromatic carbocycles. The van der Waals surface area contributed by atoms with Gasteiger partial charge in [0, 0.05) is 25.7 Å². The molecule has 4 nitrogen and oxygen atoms in total. The number of benzene rings is 1. The molecule has 9 heteroatoms. The number of halogens is 5. The van der Waals surface area contributed by atoms with E-state index >= 15 is 0 Å². The fourth-order valence-electron chi connectivity index (χ4n) is 2.90. The lowest BCUT2D eigenvalue weighted by Gasteiger charge is -2.32. The first-order valence-electron chi connectivity index (χ1n) is 8.15. The maximum Gasteiger partial charge on any atom is 0.435 e. The van der Waals surface area contributed by atoms with Gasteiger partial charge in [0.05, 0.1) is 5.02 Å². The van der Waals surface area contributed by atoms with Crippen molar-refractivity contribution in [2.45, 2.75) is 31.6 Å². The average molecular weight is 389 g/mol. The Kier molecular flexibility index (Phi) is 5.62. The summed E-state index contributed by atoms with van der Waals surface area (Å²) in [5.41, 5.74) is -0.0627. The number of nitrogens with one attached hydrogen (secondary N) is 1. The fraction of sp³-hybridized carbons (Fsp3) is 0.412. The van der Waals surface area contributed by atoms with Crippen LogP contribution >= 0.6 is 11.6 Å². The number of rotatable bonds is 4. The van der Waals surface area contributed by atoms with Crippen LogP contribution in [0.15, 0.2) is 30.3 Å². The van der Waals surface area contributed by atoms with Crippen LogP contribution < -0.4 is 5.32 Å². The van der Waals surface area contributed by atoms with Crippen LogP contribution in [0.1, 0.15) is 24.1 Å². The quantitative estimate of drug-likeness (QED) is 0.790. The van der Waals surface area contributed by atoms with Crippen LogP contribution in [0.3, 0.4) is 0 Å². The van der Waals surface area contributed by atoms with Crippen LogP contribution in [0, 0.1) is 5.82 Å². The molecule has 1 fully saturated rings. The second kappa shape index (κ2) is 7.75. The summed E-state index contributed by atoms with van der Waals surface area (Å²) in [6.45, 7) is 2.29. The van der Waals surface area contributed by atoms with E-state index in [0.717, 1.165) is 37.6 Å². The third-order valence-electron chi connectivity index (χ3n) is 4.28. The molecule has 1 aliphatic rings. The van der Waals surface area contributed by atoms with E-state index in [-0.39, 0.29) is 11.1 Å². The van der Waals surface area contributed by atoms with Gasteiger partial charge in [-0.15, -0.1) is 10.2 Å². The highest BCUT2D eigenvalue weighted by molar-refractivity contribution is 6.30. The largest absolute Gasteiger partial charge is 0.435 e. The molecule has 0 radical (unpaired) electrons. The van der Waals surface area contributed by atoms with Crippen LogP contribution in [-0.4, -0.2) is 34.2 Å². The summed E-state index contributed by atoms with van der Waals surface area (Å²) in [5, 5.41) is 10.0. The molecule has 0 unspecified atom stereocenters. The highest BCUT2D eigenvalue weighted by Gasteiger charge is 2.33. The first-order valence-corrected chi connectivity index (χ1v) is 8.53. The van der Waals surface area contributed by atoms with E-state index in [2.05, 4.69) is 20.4 Å². The average Bonchev–Trinajstić information content (AvgIpc) is 2.60. The van der Waals surface area contributed by atoms with Crippen LogP contribution in [0.2, 0.25) is 5.02 Å². The molecule has 0 bridgehead atoms. The molecule has 0 atom stereocenters. The molecule has 0 aliphatic carbocycles. The second-order valence-corrected chi connectivity index (χ2v) is 6.65. The number of alkyl halides is 3. The molecule has 0 saturated carbocycles. The lowest BCUT2D eigenvalue weighted by molar-refractivity contribution is -0.141. The van der Waals surface area contributed by atoms with Crippen LogP contribution in [0.25, 0.3) is 0 Å². The number of anilines is 1. The molecule has 1 N–H and O–H groups in total. The van der Waals surface area contributed by atoms with Gasteiger partial charge in [-0.05, 0) is 42.7 Å². The molecule has 26 heavy (non-hydrogen) atoms. The van der Waals surface area contributed by atoms with Gasteiger partial charge in [0.2, 0.25) is 0 Å². The number of likely N-dealkylation sites (tertiary alicyclic amines) is 1. The smallest absolute Gasteiger partial charge is 0.366 e. The molecule has 140 valence electrons. The maximum absolute atomic E-state index is 13.2. The van der Waals surface area contributed by atoms with Crippen molar-refractivity contribution in [3.05, 3.63) is 52.4 Å². The minimum Gasteiger partial charge on any atom is -0.366 e. The summed E-state index contributed by atoms with van der Waals surface area (Å²) in [7, 11) is 0. The maximum atomic E-state index is 13.2. The molecule has 1 aromatic heterocycles. The topological polar surface area (TPSA) is 41.0 Å². The molecule has 0 spiro atoms. The van der Waals surface area contributed by atoms with E-state index < -0.39 is 17.7 Å². The van der Waals surface area contributed by atoms with Crippen molar-refractivity contribution < 1.29 is 17.6 Å². The van der Waals surface area contributed by atoms with E-state index in [4.69, 9.17) is 11.6 Å². The summed E-state index contributed by atoms with van der Waals surface area (Å²) in [5.74, 6) is -0.0993. The monoisotopic (exact) mass is 388 g/mol. The van der Waals surface area contributed by atoms with Gasteiger partial charge in [-0.25, -0.2) is 4.39 Å². The van der Waals surface area contributed by atoms with Gasteiger partial charge in [0.1, 0.15) is 11.6 Å². The molecular formula is C17H17ClF4N4. The van der Waals surface area contributed by atoms with Gasteiger partial charge in [-0.2, -0.15) is 13.2 Å². The van der Waals surface area contributed by atoms with E-state index in [1.54, 1.807) is 12.1 Å². The second-order valence-electron chi connectivity index (χ2n) is 6.24. The van der Waals surface area contributed by atoms with Gasteiger partial charge in [0.25, 0.3) is 0 Å². The molecule has 2 heterocycles. The van der Waals surface area contributed by atoms with Crippen molar-refractivity contribution in [2.24, 2.45) is 0 Å². The van der Waals surface area contributed by atoms with Gasteiger partial charge < -0.3 is 5.32 Å². The van der Waals surface area contributed by atoms with Gasteiger partial charge in [-0.1, -0.05) is 17.7 Å². The summed E-state index contributed by atoms with van der Waals surface area (Å²) in [4.78, 5) is 2.22. The first kappa shape index (κ1) is 18.8. The van der Waals surface area contributed by atoms with E-state index in [9.17, 15) is 17.6 Å². The highest BCUT2D eigenvalue weighted by atomic mass is 35.5. The van der Waals surface area contributed by atoms with E-state index in [1.165, 1.54) is 12.1 Å². The molecule has 2 aromatic rings. The third kappa shape index (κ3) is 4.82. The standard InChI is InChI=1S/C17H17ClF4N4/c18-13-9-11(1-2-14(13)19)10-26-7-5-12(6-8-26)23-16-4-3-15(24-25-16)17(20,21)22/h1-4,9,12H,5-8,10H2,(H,23,25). The zero-order valence-electron chi connectivity index (χ0n) is 13.7. The predicted octanol–water partition coefficient (Wildman–Crippen LogP) is 4.36. The number of nitrogens with zero attached hydrogens (tertiary/aromatic N) is 3.